The normalized spacial score (nSPS) is 23.1. The van der Waals surface area contributed by atoms with E-state index in [1.807, 2.05) is 26.8 Å². The topological polar surface area (TPSA) is 218 Å². The fourth-order valence-corrected chi connectivity index (χ4v) is 12.7. The van der Waals surface area contributed by atoms with Crippen LogP contribution < -0.4 is 39.0 Å². The first-order chi connectivity index (χ1) is 43.2. The maximum Gasteiger partial charge on any atom is 0.417 e. The van der Waals surface area contributed by atoms with E-state index in [9.17, 15) is 24.0 Å². The molecular weight excluding hydrogens is 1170 g/mol. The number of hydrogen-bond donors (Lipinski definition) is 1. The number of alkyl carbamates (subject to hydrolysis) is 1. The second kappa shape index (κ2) is 27.9. The molecule has 496 valence electrons. The van der Waals surface area contributed by atoms with Crippen molar-refractivity contribution in [3.05, 3.63) is 89.0 Å². The van der Waals surface area contributed by atoms with Crippen molar-refractivity contribution in [1.82, 2.24) is 20.0 Å². The average Bonchev–Trinajstić information content (AvgIpc) is 1.63. The Labute approximate surface area is 535 Å². The van der Waals surface area contributed by atoms with E-state index in [1.54, 1.807) is 75.6 Å². The van der Waals surface area contributed by atoms with Crippen LogP contribution in [0, 0.1) is 0 Å². The van der Waals surface area contributed by atoms with Crippen LogP contribution in [0.3, 0.4) is 0 Å². The Bertz CT molecular complexity index is 3010. The fraction of sp³-hybridized carbons (Fsp3) is 0.603. The molecule has 0 radical (unpaired) electrons. The zero-order valence-electron chi connectivity index (χ0n) is 55.0. The Morgan fingerprint density at radius 2 is 1.03 bits per heavy atom. The quantitative estimate of drug-likeness (QED) is 0.0755. The number of fused-ring (bicyclic) bond motifs is 4. The average molecular weight is 1260 g/mol. The van der Waals surface area contributed by atoms with Crippen molar-refractivity contribution in [1.29, 1.82) is 0 Å². The van der Waals surface area contributed by atoms with Crippen LogP contribution in [0.2, 0.25) is 0 Å². The van der Waals surface area contributed by atoms with Gasteiger partial charge in [-0.3, -0.25) is 14.5 Å². The third-order valence-electron chi connectivity index (χ3n) is 16.7. The molecule has 0 bridgehead atoms. The summed E-state index contributed by atoms with van der Waals surface area (Å²) in [6.07, 6.45) is 1.12. The number of methoxy groups -OCH3 is 2. The highest BCUT2D eigenvalue weighted by molar-refractivity contribution is 6.07. The van der Waals surface area contributed by atoms with Gasteiger partial charge in [-0.15, -0.1) is 0 Å². The predicted octanol–water partition coefficient (Wildman–Crippen LogP) is 10.7. The third kappa shape index (κ3) is 16.1. The summed E-state index contributed by atoms with van der Waals surface area (Å²) < 4.78 is 69.0. The second-order valence-corrected chi connectivity index (χ2v) is 27.5. The van der Waals surface area contributed by atoms with Gasteiger partial charge in [0.05, 0.1) is 48.8 Å². The lowest BCUT2D eigenvalue weighted by Gasteiger charge is -2.39. The SMILES string of the molecule is C=C1C[C@H]2C(OC3CCCCO3)N(C(=O)OC(C)(C)C)c3cc(OCc4cc(COc5cc6c(cc5OC)C(=O)N5CC(=C)C[C@H]5[C@H](OC5CCCCO5)N6C(=O)OC(C)(C)C)cc(N5CCN(CCCNC(=O)OC(C)(C)C)CC5)c4)c(OC)cc3C(=O)N2C1. The molecule has 0 spiro atoms. The van der Waals surface area contributed by atoms with E-state index >= 15 is 0 Å². The van der Waals surface area contributed by atoms with Crippen molar-refractivity contribution in [2.24, 2.45) is 0 Å². The highest BCUT2D eigenvalue weighted by Gasteiger charge is 2.51. The number of benzene rings is 3. The first-order valence-electron chi connectivity index (χ1n) is 32.0. The van der Waals surface area contributed by atoms with Crippen LogP contribution >= 0.6 is 0 Å². The minimum atomic E-state index is -1.01. The molecule has 0 aliphatic carbocycles. The molecule has 3 aromatic rings. The lowest BCUT2D eigenvalue weighted by Crippen LogP contribution is -2.54. The van der Waals surface area contributed by atoms with E-state index in [4.69, 9.17) is 52.1 Å². The van der Waals surface area contributed by atoms with Crippen molar-refractivity contribution in [3.8, 4) is 23.0 Å². The molecule has 91 heavy (non-hydrogen) atoms. The van der Waals surface area contributed by atoms with Crippen LogP contribution in [0.5, 0.6) is 23.0 Å². The molecule has 6 atom stereocenters. The molecule has 1 N–H and O–H groups in total. The Morgan fingerprint density at radius 1 is 0.582 bits per heavy atom. The molecule has 7 heterocycles. The van der Waals surface area contributed by atoms with E-state index in [0.29, 0.717) is 58.5 Å². The van der Waals surface area contributed by atoms with E-state index in [-0.39, 0.29) is 83.6 Å². The summed E-state index contributed by atoms with van der Waals surface area (Å²) in [6.45, 7) is 30.4. The third-order valence-corrected chi connectivity index (χ3v) is 16.7. The van der Waals surface area contributed by atoms with Crippen molar-refractivity contribution in [3.63, 3.8) is 0 Å². The van der Waals surface area contributed by atoms with Crippen LogP contribution in [0.4, 0.5) is 31.4 Å². The van der Waals surface area contributed by atoms with Crippen LogP contribution in [-0.4, -0.2) is 179 Å². The number of hydrogen-bond acceptors (Lipinski definition) is 18. The predicted molar refractivity (Wildman–Crippen MR) is 340 cm³/mol. The van der Waals surface area contributed by atoms with Gasteiger partial charge in [-0.25, -0.2) is 24.2 Å². The standard InChI is InChI=1S/C68H93N7O16/c1-42-29-51-61(87-57-19-14-16-27-83-57)74(64(79)90-67(6,7)8)49-36-55(53(81-12)34-47(49)59(76)72(51)38-42)85-40-44-31-45(33-46(32-44)71-25-23-70(24-26-71)22-18-21-69-63(78)89-66(3,4)5)41-86-56-37-50-48(35-54(56)82-13)60(77)73-39-43(2)30-52(73)62(88-58-20-15-17-28-84-58)75(50)65(80)91-68(9,10)11/h31-37,51-52,57-58,61-62H,1-2,14-30,38-41H2,3-13H3,(H,69,78)/t51-,52-,57?,58?,61-,62?/m0/s1. The molecule has 3 unspecified atom stereocenters. The van der Waals surface area contributed by atoms with Gasteiger partial charge in [-0.1, -0.05) is 24.3 Å². The summed E-state index contributed by atoms with van der Waals surface area (Å²) in [7, 11) is 3.00. The Balaban J connectivity index is 0.986. The lowest BCUT2D eigenvalue weighted by atomic mass is 10.1. The number of piperazine rings is 1. The summed E-state index contributed by atoms with van der Waals surface area (Å²) in [6, 6.07) is 11.4. The van der Waals surface area contributed by atoms with Gasteiger partial charge in [0.15, 0.2) is 48.0 Å². The molecule has 10 rings (SSSR count). The van der Waals surface area contributed by atoms with Gasteiger partial charge in [-0.2, -0.15) is 0 Å². The van der Waals surface area contributed by atoms with Gasteiger partial charge in [0, 0.05) is 76.8 Å². The number of nitrogens with zero attached hydrogens (tertiary/aromatic N) is 6. The molecule has 0 aromatic heterocycles. The number of nitrogens with one attached hydrogen (secondary N) is 1. The van der Waals surface area contributed by atoms with Crippen molar-refractivity contribution in [2.45, 2.75) is 187 Å². The van der Waals surface area contributed by atoms with Gasteiger partial charge in [0.1, 0.15) is 30.0 Å². The summed E-state index contributed by atoms with van der Waals surface area (Å²) >= 11 is 0. The summed E-state index contributed by atoms with van der Waals surface area (Å²) in [5.41, 5.74) is 2.49. The zero-order chi connectivity index (χ0) is 65.1. The van der Waals surface area contributed by atoms with E-state index < -0.39 is 72.2 Å². The number of rotatable bonds is 17. The molecule has 3 aromatic carbocycles. The Hall–Kier alpha value is -7.31. The zero-order valence-corrected chi connectivity index (χ0v) is 55.0. The van der Waals surface area contributed by atoms with Crippen molar-refractivity contribution >= 4 is 47.2 Å². The van der Waals surface area contributed by atoms with Crippen LogP contribution in [0.25, 0.3) is 0 Å². The van der Waals surface area contributed by atoms with Gasteiger partial charge < -0.3 is 72.1 Å². The maximum atomic E-state index is 14.9. The maximum absolute atomic E-state index is 14.9. The van der Waals surface area contributed by atoms with E-state index in [2.05, 4.69) is 40.4 Å². The molecule has 5 saturated heterocycles. The molecule has 7 aliphatic rings. The van der Waals surface area contributed by atoms with E-state index in [0.717, 1.165) is 79.7 Å². The fourth-order valence-electron chi connectivity index (χ4n) is 12.7. The van der Waals surface area contributed by atoms with Crippen LogP contribution in [0.1, 0.15) is 152 Å². The number of carbonyl (C=O) groups is 5. The molecule has 5 amide bonds. The number of anilines is 3. The smallest absolute Gasteiger partial charge is 0.417 e. The Kier molecular flexibility index (Phi) is 20.4. The summed E-state index contributed by atoms with van der Waals surface area (Å²) in [5.74, 6) is 0.368. The molecule has 23 nitrogen and oxygen atoms in total. The first-order valence-corrected chi connectivity index (χ1v) is 32.0. The van der Waals surface area contributed by atoms with Gasteiger partial charge in [-0.05, 0) is 168 Å². The second-order valence-electron chi connectivity index (χ2n) is 27.5. The number of ether oxygens (including phenoxy) is 11. The van der Waals surface area contributed by atoms with Gasteiger partial charge in [0.25, 0.3) is 11.8 Å². The monoisotopic (exact) mass is 1260 g/mol. The first kappa shape index (κ1) is 66.6. The molecule has 23 heteroatoms. The van der Waals surface area contributed by atoms with E-state index in [1.165, 1.54) is 24.0 Å². The minimum absolute atomic E-state index is 0.00326. The molecule has 0 saturated carbocycles. The largest absolute Gasteiger partial charge is 0.493 e. The van der Waals surface area contributed by atoms with Crippen molar-refractivity contribution < 1.29 is 76.1 Å². The molecule has 5 fully saturated rings. The lowest BCUT2D eigenvalue weighted by molar-refractivity contribution is -0.196. The minimum Gasteiger partial charge on any atom is -0.493 e. The van der Waals surface area contributed by atoms with Gasteiger partial charge in [0.2, 0.25) is 0 Å². The summed E-state index contributed by atoms with van der Waals surface area (Å²) in [4.78, 5) is 82.6. The van der Waals surface area contributed by atoms with Gasteiger partial charge >= 0.3 is 18.3 Å². The number of carbonyl (C=O) groups excluding carboxylic acids is 5. The highest BCUT2D eigenvalue weighted by Crippen LogP contribution is 2.46. The highest BCUT2D eigenvalue weighted by atomic mass is 16.7. The number of amides is 5. The molecular formula is C68H93N7O16. The summed E-state index contributed by atoms with van der Waals surface area (Å²) in [5, 5.41) is 2.87. The Morgan fingerprint density at radius 3 is 1.44 bits per heavy atom. The van der Waals surface area contributed by atoms with Crippen molar-refractivity contribution in [2.75, 3.05) is 94.5 Å². The van der Waals surface area contributed by atoms with Crippen LogP contribution in [-0.2, 0) is 46.4 Å². The molecule has 7 aliphatic heterocycles. The van der Waals surface area contributed by atoms with Crippen LogP contribution in [0.15, 0.2) is 66.8 Å².